The number of alkyl halides is 3. The Morgan fingerprint density at radius 2 is 2.15 bits per heavy atom. The van der Waals surface area contributed by atoms with Gasteiger partial charge in [0.2, 0.25) is 0 Å². The van der Waals surface area contributed by atoms with Gasteiger partial charge < -0.3 is 4.90 Å². The van der Waals surface area contributed by atoms with Crippen molar-refractivity contribution < 1.29 is 13.2 Å². The lowest BCUT2D eigenvalue weighted by molar-refractivity contribution is -0.119. The van der Waals surface area contributed by atoms with Crippen LogP contribution < -0.4 is 4.90 Å². The highest BCUT2D eigenvalue weighted by molar-refractivity contribution is 5.42. The molecule has 0 N–H and O–H groups in total. The Morgan fingerprint density at radius 1 is 1.46 bits per heavy atom. The van der Waals surface area contributed by atoms with Crippen molar-refractivity contribution in [1.82, 2.24) is 4.98 Å². The minimum absolute atomic E-state index is 0.458. The first-order valence-corrected chi connectivity index (χ1v) is 3.67. The molecule has 1 aromatic rings. The van der Waals surface area contributed by atoms with Gasteiger partial charge in [0.05, 0.1) is 11.9 Å². The monoisotopic (exact) mass is 190 g/mol. The zero-order valence-electron chi connectivity index (χ0n) is 7.04. The zero-order valence-corrected chi connectivity index (χ0v) is 7.04. The molecule has 72 valence electrons. The fourth-order valence-corrected chi connectivity index (χ4v) is 0.940. The Morgan fingerprint density at radius 3 is 2.62 bits per heavy atom. The molecular weight excluding hydrogens is 181 g/mol. The van der Waals surface area contributed by atoms with Crippen molar-refractivity contribution in [3.05, 3.63) is 24.5 Å². The topological polar surface area (TPSA) is 16.1 Å². The van der Waals surface area contributed by atoms with E-state index >= 15 is 0 Å². The van der Waals surface area contributed by atoms with Gasteiger partial charge in [-0.15, -0.1) is 0 Å². The van der Waals surface area contributed by atoms with Crippen molar-refractivity contribution in [2.75, 3.05) is 18.5 Å². The molecule has 0 unspecified atom stereocenters. The molecule has 0 aliphatic heterocycles. The molecule has 0 radical (unpaired) electrons. The van der Waals surface area contributed by atoms with Crippen molar-refractivity contribution >= 4 is 5.69 Å². The van der Waals surface area contributed by atoms with Gasteiger partial charge in [0.15, 0.2) is 0 Å². The number of anilines is 1. The van der Waals surface area contributed by atoms with Gasteiger partial charge in [-0.2, -0.15) is 13.2 Å². The Hall–Kier alpha value is -1.26. The van der Waals surface area contributed by atoms with Crippen molar-refractivity contribution in [2.24, 2.45) is 0 Å². The van der Waals surface area contributed by atoms with Gasteiger partial charge in [0.1, 0.15) is 6.54 Å². The second-order valence-electron chi connectivity index (χ2n) is 2.68. The highest BCUT2D eigenvalue weighted by atomic mass is 19.4. The maximum atomic E-state index is 11.9. The van der Waals surface area contributed by atoms with Gasteiger partial charge in [-0.25, -0.2) is 0 Å². The minimum Gasteiger partial charge on any atom is -0.364 e. The maximum absolute atomic E-state index is 11.9. The zero-order chi connectivity index (χ0) is 9.90. The molecule has 0 aromatic carbocycles. The summed E-state index contributed by atoms with van der Waals surface area (Å²) in [6, 6.07) is 3.18. The third kappa shape index (κ3) is 3.31. The van der Waals surface area contributed by atoms with Crippen molar-refractivity contribution in [2.45, 2.75) is 6.18 Å². The quantitative estimate of drug-likeness (QED) is 0.709. The van der Waals surface area contributed by atoms with Gasteiger partial charge in [-0.3, -0.25) is 4.98 Å². The van der Waals surface area contributed by atoms with E-state index in [-0.39, 0.29) is 0 Å². The molecule has 0 spiro atoms. The lowest BCUT2D eigenvalue weighted by atomic mass is 10.4. The largest absolute Gasteiger partial charge is 0.405 e. The van der Waals surface area contributed by atoms with Crippen LogP contribution in [0.3, 0.4) is 0 Å². The van der Waals surface area contributed by atoms with Gasteiger partial charge in [-0.1, -0.05) is 0 Å². The first-order valence-electron chi connectivity index (χ1n) is 3.67. The first-order chi connectivity index (χ1) is 5.99. The van der Waals surface area contributed by atoms with E-state index in [0.717, 1.165) is 4.90 Å². The van der Waals surface area contributed by atoms with E-state index in [4.69, 9.17) is 0 Å². The van der Waals surface area contributed by atoms with Crippen molar-refractivity contribution in [3.8, 4) is 0 Å². The van der Waals surface area contributed by atoms with Crippen LogP contribution in [-0.2, 0) is 0 Å². The molecule has 2 nitrogen and oxygen atoms in total. The summed E-state index contributed by atoms with van der Waals surface area (Å²) in [5.41, 5.74) is 0.458. The molecule has 5 heteroatoms. The second kappa shape index (κ2) is 3.64. The summed E-state index contributed by atoms with van der Waals surface area (Å²) in [5, 5.41) is 0. The standard InChI is InChI=1S/C8H9F3N2/c1-13(6-8(9,10)11)7-3-2-4-12-5-7/h2-5H,6H2,1H3. The van der Waals surface area contributed by atoms with Crippen LogP contribution in [0.25, 0.3) is 0 Å². The summed E-state index contributed by atoms with van der Waals surface area (Å²) >= 11 is 0. The highest BCUT2D eigenvalue weighted by Gasteiger charge is 2.29. The lowest BCUT2D eigenvalue weighted by Gasteiger charge is -2.19. The molecule has 0 fully saturated rings. The maximum Gasteiger partial charge on any atom is 0.405 e. The fourth-order valence-electron chi connectivity index (χ4n) is 0.940. The van der Waals surface area contributed by atoms with Crippen LogP contribution in [0.2, 0.25) is 0 Å². The van der Waals surface area contributed by atoms with E-state index in [0.29, 0.717) is 5.69 Å². The van der Waals surface area contributed by atoms with Crippen LogP contribution in [0.15, 0.2) is 24.5 Å². The van der Waals surface area contributed by atoms with E-state index in [2.05, 4.69) is 4.98 Å². The summed E-state index contributed by atoms with van der Waals surface area (Å²) in [7, 11) is 1.38. The number of pyridine rings is 1. The summed E-state index contributed by atoms with van der Waals surface area (Å²) in [5.74, 6) is 0. The highest BCUT2D eigenvalue weighted by Crippen LogP contribution is 2.19. The molecule has 1 aromatic heterocycles. The first kappa shape index (κ1) is 9.83. The molecule has 1 heterocycles. The number of aromatic nitrogens is 1. The average molecular weight is 190 g/mol. The molecule has 0 saturated carbocycles. The lowest BCUT2D eigenvalue weighted by Crippen LogP contribution is -2.30. The van der Waals surface area contributed by atoms with Crippen LogP contribution in [0.1, 0.15) is 0 Å². The second-order valence-corrected chi connectivity index (χ2v) is 2.68. The SMILES string of the molecule is CN(CC(F)(F)F)c1cccnc1. The minimum atomic E-state index is -4.18. The Bertz CT molecular complexity index is 258. The van der Waals surface area contributed by atoms with Crippen LogP contribution in [0, 0.1) is 0 Å². The molecule has 0 saturated heterocycles. The van der Waals surface area contributed by atoms with Gasteiger partial charge in [-0.05, 0) is 12.1 Å². The molecule has 0 atom stereocenters. The Labute approximate surface area is 74.0 Å². The summed E-state index contributed by atoms with van der Waals surface area (Å²) in [6.07, 6.45) is -1.26. The van der Waals surface area contributed by atoms with Crippen LogP contribution in [0.5, 0.6) is 0 Å². The van der Waals surface area contributed by atoms with E-state index in [9.17, 15) is 13.2 Å². The van der Waals surface area contributed by atoms with Crippen molar-refractivity contribution in [3.63, 3.8) is 0 Å². The Balaban J connectivity index is 2.64. The summed E-state index contributed by atoms with van der Waals surface area (Å²) in [6.45, 7) is -0.960. The predicted molar refractivity (Wildman–Crippen MR) is 43.6 cm³/mol. The third-order valence-corrected chi connectivity index (χ3v) is 1.50. The average Bonchev–Trinajstić information content (AvgIpc) is 2.03. The molecule has 0 aliphatic rings. The van der Waals surface area contributed by atoms with E-state index in [1.165, 1.54) is 19.4 Å². The summed E-state index contributed by atoms with van der Waals surface area (Å²) in [4.78, 5) is 4.83. The van der Waals surface area contributed by atoms with Crippen LogP contribution >= 0.6 is 0 Å². The smallest absolute Gasteiger partial charge is 0.364 e. The number of halogens is 3. The fraction of sp³-hybridized carbons (Fsp3) is 0.375. The number of nitrogens with zero attached hydrogens (tertiary/aromatic N) is 2. The van der Waals surface area contributed by atoms with Gasteiger partial charge >= 0.3 is 6.18 Å². The van der Waals surface area contributed by atoms with Crippen LogP contribution in [0.4, 0.5) is 18.9 Å². The molecule has 13 heavy (non-hydrogen) atoms. The number of hydrogen-bond donors (Lipinski definition) is 0. The van der Waals surface area contributed by atoms with E-state index in [1.54, 1.807) is 12.1 Å². The van der Waals surface area contributed by atoms with Gasteiger partial charge in [0.25, 0.3) is 0 Å². The third-order valence-electron chi connectivity index (χ3n) is 1.50. The predicted octanol–water partition coefficient (Wildman–Crippen LogP) is 2.08. The van der Waals surface area contributed by atoms with Crippen molar-refractivity contribution in [1.29, 1.82) is 0 Å². The number of rotatable bonds is 2. The molecule has 0 bridgehead atoms. The normalized spacial score (nSPS) is 11.4. The van der Waals surface area contributed by atoms with E-state index < -0.39 is 12.7 Å². The number of hydrogen-bond acceptors (Lipinski definition) is 2. The molecule has 1 rings (SSSR count). The Kier molecular flexibility index (Phi) is 2.75. The molecule has 0 amide bonds. The summed E-state index contributed by atoms with van der Waals surface area (Å²) < 4.78 is 35.8. The molecular formula is C8H9F3N2. The molecule has 0 aliphatic carbocycles. The van der Waals surface area contributed by atoms with Gasteiger partial charge in [0, 0.05) is 13.2 Å². The van der Waals surface area contributed by atoms with Crippen LogP contribution in [-0.4, -0.2) is 24.8 Å². The van der Waals surface area contributed by atoms with E-state index in [1.807, 2.05) is 0 Å².